The van der Waals surface area contributed by atoms with Crippen molar-refractivity contribution in [2.45, 2.75) is 52.5 Å². The number of hydrogen-bond donors (Lipinski definition) is 1. The lowest BCUT2D eigenvalue weighted by molar-refractivity contribution is -0.149. The number of carboxylic acid groups (broad SMARTS) is 1. The topological polar surface area (TPSA) is 57.6 Å². The molecule has 0 aromatic rings. The summed E-state index contributed by atoms with van der Waals surface area (Å²) in [4.78, 5) is 24.9. The number of carbonyl (C=O) groups excluding carboxylic acids is 1. The van der Waals surface area contributed by atoms with E-state index in [0.717, 1.165) is 12.8 Å². The fraction of sp³-hybridized carbons (Fsp3) is 0.846. The standard InChI is InChI=1S/C13H23NO3/c1-4-9(2)8-12(15)14-7-5-6-11(10(14)3)13(16)17/h9-11H,4-8H2,1-3H3,(H,16,17)/t9?,10-,11-/m0/s1. The number of amides is 1. The molecule has 3 atom stereocenters. The van der Waals surface area contributed by atoms with Crippen molar-refractivity contribution in [3.05, 3.63) is 0 Å². The zero-order valence-electron chi connectivity index (χ0n) is 11.0. The fourth-order valence-corrected chi connectivity index (χ4v) is 2.38. The Bertz CT molecular complexity index is 290. The van der Waals surface area contributed by atoms with Crippen LogP contribution in [-0.4, -0.2) is 34.5 Å². The minimum absolute atomic E-state index is 0.109. The van der Waals surface area contributed by atoms with Gasteiger partial charge in [0.15, 0.2) is 0 Å². The third-order valence-corrected chi connectivity index (χ3v) is 3.85. The first-order chi connectivity index (χ1) is 7.97. The van der Waals surface area contributed by atoms with Crippen molar-refractivity contribution < 1.29 is 14.7 Å². The Hall–Kier alpha value is -1.06. The molecule has 0 aromatic carbocycles. The molecule has 1 fully saturated rings. The van der Waals surface area contributed by atoms with Crippen molar-refractivity contribution in [2.75, 3.05) is 6.54 Å². The minimum Gasteiger partial charge on any atom is -0.481 e. The second kappa shape index (κ2) is 6.03. The van der Waals surface area contributed by atoms with Gasteiger partial charge in [-0.1, -0.05) is 20.3 Å². The number of carboxylic acids is 1. The molecule has 1 aliphatic rings. The molecule has 1 rings (SSSR count). The molecule has 4 nitrogen and oxygen atoms in total. The van der Waals surface area contributed by atoms with E-state index in [2.05, 4.69) is 13.8 Å². The molecule has 0 radical (unpaired) electrons. The number of likely N-dealkylation sites (tertiary alicyclic amines) is 1. The summed E-state index contributed by atoms with van der Waals surface area (Å²) in [7, 11) is 0. The van der Waals surface area contributed by atoms with Gasteiger partial charge < -0.3 is 10.0 Å². The summed E-state index contributed by atoms with van der Waals surface area (Å²) >= 11 is 0. The van der Waals surface area contributed by atoms with Gasteiger partial charge in [-0.05, 0) is 25.7 Å². The highest BCUT2D eigenvalue weighted by molar-refractivity contribution is 5.78. The van der Waals surface area contributed by atoms with Crippen LogP contribution in [-0.2, 0) is 9.59 Å². The van der Waals surface area contributed by atoms with Gasteiger partial charge in [0.2, 0.25) is 5.91 Å². The Morgan fingerprint density at radius 1 is 1.47 bits per heavy atom. The molecule has 17 heavy (non-hydrogen) atoms. The van der Waals surface area contributed by atoms with Crippen LogP contribution in [0.25, 0.3) is 0 Å². The van der Waals surface area contributed by atoms with Crippen molar-refractivity contribution in [1.82, 2.24) is 4.90 Å². The van der Waals surface area contributed by atoms with E-state index in [1.165, 1.54) is 0 Å². The number of carbonyl (C=O) groups is 2. The first kappa shape index (κ1) is 14.0. The van der Waals surface area contributed by atoms with Gasteiger partial charge in [-0.3, -0.25) is 9.59 Å². The molecule has 1 N–H and O–H groups in total. The third kappa shape index (κ3) is 3.45. The van der Waals surface area contributed by atoms with Gasteiger partial charge >= 0.3 is 5.97 Å². The van der Waals surface area contributed by atoms with Crippen LogP contribution in [0.15, 0.2) is 0 Å². The maximum atomic E-state index is 12.1. The van der Waals surface area contributed by atoms with Crippen LogP contribution in [0.4, 0.5) is 0 Å². The first-order valence-electron chi connectivity index (χ1n) is 6.49. The highest BCUT2D eigenvalue weighted by atomic mass is 16.4. The predicted molar refractivity (Wildman–Crippen MR) is 65.6 cm³/mol. The van der Waals surface area contributed by atoms with E-state index in [9.17, 15) is 9.59 Å². The van der Waals surface area contributed by atoms with Gasteiger partial charge in [-0.25, -0.2) is 0 Å². The number of piperidine rings is 1. The zero-order valence-corrected chi connectivity index (χ0v) is 11.0. The van der Waals surface area contributed by atoms with Crippen LogP contribution in [0.2, 0.25) is 0 Å². The lowest BCUT2D eigenvalue weighted by atomic mass is 9.89. The molecule has 0 aromatic heterocycles. The van der Waals surface area contributed by atoms with E-state index < -0.39 is 11.9 Å². The summed E-state index contributed by atoms with van der Waals surface area (Å²) < 4.78 is 0. The molecule has 0 bridgehead atoms. The van der Waals surface area contributed by atoms with Gasteiger partial charge in [-0.2, -0.15) is 0 Å². The summed E-state index contributed by atoms with van der Waals surface area (Å²) in [6.45, 7) is 6.69. The molecule has 0 spiro atoms. The number of aliphatic carboxylic acids is 1. The molecule has 4 heteroatoms. The molecule has 0 aliphatic carbocycles. The van der Waals surface area contributed by atoms with Crippen LogP contribution in [0.5, 0.6) is 0 Å². The smallest absolute Gasteiger partial charge is 0.308 e. The summed E-state index contributed by atoms with van der Waals surface area (Å²) in [5.41, 5.74) is 0. The number of nitrogens with zero attached hydrogens (tertiary/aromatic N) is 1. The molecule has 1 amide bonds. The van der Waals surface area contributed by atoms with Crippen molar-refractivity contribution in [2.24, 2.45) is 11.8 Å². The number of rotatable bonds is 4. The van der Waals surface area contributed by atoms with Crippen molar-refractivity contribution in [1.29, 1.82) is 0 Å². The van der Waals surface area contributed by atoms with Crippen LogP contribution < -0.4 is 0 Å². The van der Waals surface area contributed by atoms with Gasteiger partial charge in [0.05, 0.1) is 5.92 Å². The SMILES string of the molecule is CCC(C)CC(=O)N1CCC[C@H](C(=O)O)[C@@H]1C. The molecular formula is C13H23NO3. The molecular weight excluding hydrogens is 218 g/mol. The summed E-state index contributed by atoms with van der Waals surface area (Å²) in [6.07, 6.45) is 3.00. The Balaban J connectivity index is 2.63. The molecule has 0 saturated carbocycles. The Labute approximate surface area is 103 Å². The maximum absolute atomic E-state index is 12.1. The van der Waals surface area contributed by atoms with E-state index in [1.807, 2.05) is 6.92 Å². The van der Waals surface area contributed by atoms with Gasteiger partial charge in [0.25, 0.3) is 0 Å². The Morgan fingerprint density at radius 3 is 2.65 bits per heavy atom. The van der Waals surface area contributed by atoms with Crippen LogP contribution >= 0.6 is 0 Å². The van der Waals surface area contributed by atoms with Crippen molar-refractivity contribution >= 4 is 11.9 Å². The maximum Gasteiger partial charge on any atom is 0.308 e. The zero-order chi connectivity index (χ0) is 13.0. The molecule has 1 unspecified atom stereocenters. The van der Waals surface area contributed by atoms with Crippen molar-refractivity contribution in [3.8, 4) is 0 Å². The molecule has 98 valence electrons. The van der Waals surface area contributed by atoms with Gasteiger partial charge in [-0.15, -0.1) is 0 Å². The van der Waals surface area contributed by atoms with Gasteiger partial charge in [0, 0.05) is 19.0 Å². The highest BCUT2D eigenvalue weighted by Gasteiger charge is 2.35. The number of hydrogen-bond acceptors (Lipinski definition) is 2. The van der Waals surface area contributed by atoms with E-state index >= 15 is 0 Å². The van der Waals surface area contributed by atoms with E-state index in [-0.39, 0.29) is 11.9 Å². The van der Waals surface area contributed by atoms with E-state index in [4.69, 9.17) is 5.11 Å². The normalized spacial score (nSPS) is 26.6. The summed E-state index contributed by atoms with van der Waals surface area (Å²) in [5, 5.41) is 9.10. The molecule has 1 saturated heterocycles. The highest BCUT2D eigenvalue weighted by Crippen LogP contribution is 2.25. The predicted octanol–water partition coefficient (Wildman–Crippen LogP) is 2.13. The largest absolute Gasteiger partial charge is 0.481 e. The average molecular weight is 241 g/mol. The van der Waals surface area contributed by atoms with Crippen LogP contribution in [0.3, 0.4) is 0 Å². The lowest BCUT2D eigenvalue weighted by Crippen LogP contribution is -2.49. The van der Waals surface area contributed by atoms with Crippen LogP contribution in [0.1, 0.15) is 46.5 Å². The van der Waals surface area contributed by atoms with Crippen molar-refractivity contribution in [3.63, 3.8) is 0 Å². The Morgan fingerprint density at radius 2 is 2.12 bits per heavy atom. The first-order valence-corrected chi connectivity index (χ1v) is 6.49. The van der Waals surface area contributed by atoms with E-state index in [0.29, 0.717) is 25.3 Å². The third-order valence-electron chi connectivity index (χ3n) is 3.85. The second-order valence-electron chi connectivity index (χ2n) is 5.13. The monoisotopic (exact) mass is 241 g/mol. The minimum atomic E-state index is -0.779. The Kier molecular flexibility index (Phi) is 4.97. The van der Waals surface area contributed by atoms with Crippen LogP contribution in [0, 0.1) is 11.8 Å². The fourth-order valence-electron chi connectivity index (χ4n) is 2.38. The second-order valence-corrected chi connectivity index (χ2v) is 5.13. The average Bonchev–Trinajstić information content (AvgIpc) is 2.28. The van der Waals surface area contributed by atoms with E-state index in [1.54, 1.807) is 4.90 Å². The summed E-state index contributed by atoms with van der Waals surface area (Å²) in [6, 6.07) is -0.169. The molecule has 1 aliphatic heterocycles. The lowest BCUT2D eigenvalue weighted by Gasteiger charge is -2.38. The quantitative estimate of drug-likeness (QED) is 0.820. The molecule has 1 heterocycles. The van der Waals surface area contributed by atoms with Gasteiger partial charge in [0.1, 0.15) is 0 Å². The summed E-state index contributed by atoms with van der Waals surface area (Å²) in [5.74, 6) is -0.694.